The predicted molar refractivity (Wildman–Crippen MR) is 218 cm³/mol. The van der Waals surface area contributed by atoms with Crippen molar-refractivity contribution in [3.05, 3.63) is 193 Å². The molecule has 0 spiro atoms. The van der Waals surface area contributed by atoms with Crippen molar-refractivity contribution in [2.75, 3.05) is 0 Å². The van der Waals surface area contributed by atoms with E-state index in [9.17, 15) is 0 Å². The van der Waals surface area contributed by atoms with E-state index >= 15 is 0 Å². The Labute approximate surface area is 299 Å². The molecule has 0 unspecified atom stereocenters. The molecule has 0 nitrogen and oxygen atoms in total. The number of fused-ring (bicyclic) bond motifs is 6. The van der Waals surface area contributed by atoms with Crippen molar-refractivity contribution in [1.29, 1.82) is 0 Å². The van der Waals surface area contributed by atoms with Gasteiger partial charge in [-0.1, -0.05) is 166 Å². The molecule has 0 fully saturated rings. The zero-order valence-corrected chi connectivity index (χ0v) is 28.8. The summed E-state index contributed by atoms with van der Waals surface area (Å²) in [5.74, 6) is 0. The Morgan fingerprint density at radius 1 is 0.294 bits per heavy atom. The minimum atomic E-state index is -0.0810. The smallest absolute Gasteiger partial charge is 0.0159 e. The third kappa shape index (κ3) is 4.68. The van der Waals surface area contributed by atoms with Crippen molar-refractivity contribution < 1.29 is 0 Å². The van der Waals surface area contributed by atoms with E-state index in [1.54, 1.807) is 0 Å². The molecule has 0 amide bonds. The number of hydrogen-bond donors (Lipinski definition) is 0. The zero-order valence-electron chi connectivity index (χ0n) is 28.8. The van der Waals surface area contributed by atoms with Crippen LogP contribution in [0.3, 0.4) is 0 Å². The van der Waals surface area contributed by atoms with Gasteiger partial charge in [-0.3, -0.25) is 0 Å². The van der Waals surface area contributed by atoms with Gasteiger partial charge in [0.15, 0.2) is 0 Å². The van der Waals surface area contributed by atoms with Crippen LogP contribution >= 0.6 is 0 Å². The summed E-state index contributed by atoms with van der Waals surface area (Å²) in [5, 5.41) is 7.68. The largest absolute Gasteiger partial charge is 0.0622 e. The number of hydrogen-bond acceptors (Lipinski definition) is 0. The third-order valence-electron chi connectivity index (χ3n) is 11.2. The molecule has 1 aliphatic rings. The van der Waals surface area contributed by atoms with Crippen LogP contribution in [0.5, 0.6) is 0 Å². The summed E-state index contributed by atoms with van der Waals surface area (Å²) >= 11 is 0. The second-order valence-corrected chi connectivity index (χ2v) is 14.5. The van der Waals surface area contributed by atoms with Gasteiger partial charge in [0.05, 0.1) is 0 Å². The lowest BCUT2D eigenvalue weighted by Gasteiger charge is -2.22. The standard InChI is InChI=1S/C51H36/c1-51(2)47-32-38(26-27-41(47)46-30-36-16-6-7-17-37(36)31-48(46)51)35-19-13-21-40(29-35)50-44-24-10-8-22-42(44)49(43-23-9-11-25-45(43)50)39-20-12-18-34(28-39)33-14-4-3-5-15-33/h3-32H,1-2H3. The molecule has 0 heteroatoms. The third-order valence-corrected chi connectivity index (χ3v) is 11.2. The first-order valence-electron chi connectivity index (χ1n) is 17.9. The van der Waals surface area contributed by atoms with Gasteiger partial charge in [-0.25, -0.2) is 0 Å². The van der Waals surface area contributed by atoms with Gasteiger partial charge < -0.3 is 0 Å². The normalized spacial score (nSPS) is 13.1. The van der Waals surface area contributed by atoms with E-state index in [0.29, 0.717) is 0 Å². The maximum atomic E-state index is 2.44. The van der Waals surface area contributed by atoms with Crippen molar-refractivity contribution in [1.82, 2.24) is 0 Å². The van der Waals surface area contributed by atoms with E-state index < -0.39 is 0 Å². The Morgan fingerprint density at radius 3 is 1.31 bits per heavy atom. The van der Waals surface area contributed by atoms with Crippen LogP contribution in [-0.4, -0.2) is 0 Å². The molecule has 0 radical (unpaired) electrons. The number of benzene rings is 9. The molecule has 0 heterocycles. The van der Waals surface area contributed by atoms with E-state index in [-0.39, 0.29) is 5.41 Å². The molecule has 51 heavy (non-hydrogen) atoms. The number of rotatable bonds is 4. The second-order valence-electron chi connectivity index (χ2n) is 14.5. The van der Waals surface area contributed by atoms with Gasteiger partial charge >= 0.3 is 0 Å². The van der Waals surface area contributed by atoms with Gasteiger partial charge in [-0.05, 0) is 129 Å². The highest BCUT2D eigenvalue weighted by Crippen LogP contribution is 2.51. The summed E-state index contributed by atoms with van der Waals surface area (Å²) in [7, 11) is 0. The molecular weight excluding hydrogens is 613 g/mol. The summed E-state index contributed by atoms with van der Waals surface area (Å²) in [6.07, 6.45) is 0. The lowest BCUT2D eigenvalue weighted by molar-refractivity contribution is 0.661. The lowest BCUT2D eigenvalue weighted by Crippen LogP contribution is -2.15. The molecule has 0 aliphatic heterocycles. The first-order valence-corrected chi connectivity index (χ1v) is 17.9. The molecule has 240 valence electrons. The molecule has 9 aromatic rings. The van der Waals surface area contributed by atoms with Crippen LogP contribution < -0.4 is 0 Å². The van der Waals surface area contributed by atoms with Crippen LogP contribution in [0.2, 0.25) is 0 Å². The fourth-order valence-corrected chi connectivity index (χ4v) is 8.69. The van der Waals surface area contributed by atoms with Gasteiger partial charge in [0.25, 0.3) is 0 Å². The van der Waals surface area contributed by atoms with Crippen LogP contribution in [0.15, 0.2) is 182 Å². The highest BCUT2D eigenvalue weighted by Gasteiger charge is 2.36. The van der Waals surface area contributed by atoms with Crippen LogP contribution in [0, 0.1) is 0 Å². The predicted octanol–water partition coefficient (Wildman–Crippen LogP) is 14.1. The Hall–Kier alpha value is -6.24. The molecule has 0 atom stereocenters. The summed E-state index contributed by atoms with van der Waals surface area (Å²) in [6.45, 7) is 4.75. The van der Waals surface area contributed by atoms with Crippen molar-refractivity contribution >= 4 is 32.3 Å². The second kappa shape index (κ2) is 11.4. The summed E-state index contributed by atoms with van der Waals surface area (Å²) in [5.41, 5.74) is 15.4. The fraction of sp³-hybridized carbons (Fsp3) is 0.0588. The Morgan fingerprint density at radius 2 is 0.725 bits per heavy atom. The van der Waals surface area contributed by atoms with Crippen LogP contribution in [0.1, 0.15) is 25.0 Å². The quantitative estimate of drug-likeness (QED) is 0.167. The first-order chi connectivity index (χ1) is 25.0. The van der Waals surface area contributed by atoms with E-state index in [0.717, 1.165) is 0 Å². The zero-order chi connectivity index (χ0) is 34.1. The molecule has 9 aromatic carbocycles. The van der Waals surface area contributed by atoms with Gasteiger partial charge in [0.2, 0.25) is 0 Å². The van der Waals surface area contributed by atoms with Gasteiger partial charge in [0.1, 0.15) is 0 Å². The highest BCUT2D eigenvalue weighted by atomic mass is 14.4. The molecule has 0 aromatic heterocycles. The van der Waals surface area contributed by atoms with E-state index in [4.69, 9.17) is 0 Å². The summed E-state index contributed by atoms with van der Waals surface area (Å²) in [4.78, 5) is 0. The molecule has 0 saturated heterocycles. The lowest BCUT2D eigenvalue weighted by atomic mass is 9.81. The van der Waals surface area contributed by atoms with Crippen LogP contribution in [-0.2, 0) is 5.41 Å². The summed E-state index contributed by atoms with van der Waals surface area (Å²) in [6, 6.07) is 67.4. The molecule has 10 rings (SSSR count). The maximum Gasteiger partial charge on any atom is 0.0159 e. The average molecular weight is 649 g/mol. The minimum absolute atomic E-state index is 0.0810. The van der Waals surface area contributed by atoms with Crippen LogP contribution in [0.4, 0.5) is 0 Å². The first kappa shape index (κ1) is 29.7. The Balaban J connectivity index is 1.13. The topological polar surface area (TPSA) is 0 Å². The molecular formula is C51H36. The Kier molecular flexibility index (Phi) is 6.63. The highest BCUT2D eigenvalue weighted by molar-refractivity contribution is 6.21. The fourth-order valence-electron chi connectivity index (χ4n) is 8.69. The van der Waals surface area contributed by atoms with Crippen molar-refractivity contribution in [2.45, 2.75) is 19.3 Å². The van der Waals surface area contributed by atoms with Gasteiger partial charge in [-0.2, -0.15) is 0 Å². The van der Waals surface area contributed by atoms with Gasteiger partial charge in [0, 0.05) is 5.41 Å². The van der Waals surface area contributed by atoms with E-state index in [1.807, 2.05) is 0 Å². The Bertz CT molecular complexity index is 2760. The SMILES string of the molecule is CC1(C)c2cc(-c3cccc(-c4c5ccccc5c(-c5cccc(-c6ccccc6)c5)c5ccccc45)c3)ccc2-c2cc3ccccc3cc21. The van der Waals surface area contributed by atoms with E-state index in [2.05, 4.69) is 196 Å². The maximum absolute atomic E-state index is 2.44. The molecule has 0 bridgehead atoms. The van der Waals surface area contributed by atoms with Gasteiger partial charge in [-0.15, -0.1) is 0 Å². The van der Waals surface area contributed by atoms with Crippen molar-refractivity contribution in [2.24, 2.45) is 0 Å². The average Bonchev–Trinajstić information content (AvgIpc) is 3.40. The molecule has 1 aliphatic carbocycles. The monoisotopic (exact) mass is 648 g/mol. The summed E-state index contributed by atoms with van der Waals surface area (Å²) < 4.78 is 0. The van der Waals surface area contributed by atoms with Crippen LogP contribution in [0.25, 0.3) is 88.0 Å². The molecule has 0 N–H and O–H groups in total. The minimum Gasteiger partial charge on any atom is -0.0622 e. The van der Waals surface area contributed by atoms with Crippen molar-refractivity contribution in [3.63, 3.8) is 0 Å². The van der Waals surface area contributed by atoms with Crippen molar-refractivity contribution in [3.8, 4) is 55.6 Å². The van der Waals surface area contributed by atoms with E-state index in [1.165, 1.54) is 99.1 Å². The molecule has 0 saturated carbocycles.